The summed E-state index contributed by atoms with van der Waals surface area (Å²) >= 11 is 0. The molecule has 5 aliphatic rings. The lowest BCUT2D eigenvalue weighted by Crippen LogP contribution is -2.65. The van der Waals surface area contributed by atoms with Crippen LogP contribution in [0.15, 0.2) is 27.4 Å². The Kier molecular flexibility index (Phi) is 4.72. The molecule has 1 aromatic rings. The fourth-order valence-electron chi connectivity index (χ4n) is 10.1. The first-order valence-corrected chi connectivity index (χ1v) is 13.7. The van der Waals surface area contributed by atoms with E-state index in [-0.39, 0.29) is 39.3 Å². The molecule has 1 heterocycles. The van der Waals surface area contributed by atoms with Gasteiger partial charge in [0, 0.05) is 17.4 Å². The van der Waals surface area contributed by atoms with E-state index in [0.29, 0.717) is 11.8 Å². The molecule has 0 bridgehead atoms. The van der Waals surface area contributed by atoms with Crippen LogP contribution in [0, 0.1) is 39.4 Å². The largest absolute Gasteiger partial charge is 0.361 e. The second kappa shape index (κ2) is 7.06. The first kappa shape index (κ1) is 23.4. The molecule has 1 unspecified atom stereocenters. The minimum absolute atomic E-state index is 0.0517. The molecule has 0 spiro atoms. The molecule has 0 N–H and O–H groups in total. The summed E-state index contributed by atoms with van der Waals surface area (Å²) in [6.07, 6.45) is 13.7. The quantitative estimate of drug-likeness (QED) is 0.339. The summed E-state index contributed by atoms with van der Waals surface area (Å²) in [7, 11) is 0. The normalized spacial score (nSPS) is 47.7. The van der Waals surface area contributed by atoms with Gasteiger partial charge in [0.1, 0.15) is 5.76 Å². The van der Waals surface area contributed by atoms with Gasteiger partial charge >= 0.3 is 0 Å². The molecule has 3 saturated carbocycles. The van der Waals surface area contributed by atoms with Crippen molar-refractivity contribution >= 4 is 11.9 Å². The second-order valence-electron chi connectivity index (χ2n) is 14.2. The van der Waals surface area contributed by atoms with Crippen molar-refractivity contribution in [2.75, 3.05) is 0 Å². The van der Waals surface area contributed by atoms with E-state index < -0.39 is 5.54 Å². The number of hydrogen-bond acceptors (Lipinski definition) is 5. The molecule has 6 rings (SSSR count). The Morgan fingerprint density at radius 2 is 1.80 bits per heavy atom. The van der Waals surface area contributed by atoms with Gasteiger partial charge in [-0.3, -0.25) is 4.79 Å². The number of fused-ring (bicyclic) bond motifs is 8. The molecule has 1 aromatic heterocycles. The zero-order chi connectivity index (χ0) is 25.0. The second-order valence-corrected chi connectivity index (χ2v) is 14.2. The highest BCUT2D eigenvalue weighted by molar-refractivity contribution is 5.95. The molecule has 3 fully saturated rings. The lowest BCUT2D eigenvalue weighted by atomic mass is 9.35. The molecule has 0 amide bonds. The molecule has 0 aromatic carbocycles. The summed E-state index contributed by atoms with van der Waals surface area (Å²) < 4.78 is 5.68. The SMILES string of the molecule is C[C@H]1c2oncc2C[C@]2(C)C3=CC(=O)[C@@H]4[C@@H]5CC(C)(C)CC[C@]5(N=C=O)CC[C@@]4(C)[C@]3(C)CCC12. The van der Waals surface area contributed by atoms with Gasteiger partial charge in [0.2, 0.25) is 6.08 Å². The summed E-state index contributed by atoms with van der Waals surface area (Å²) in [5.41, 5.74) is 2.04. The first-order chi connectivity index (χ1) is 16.4. The third-order valence-electron chi connectivity index (χ3n) is 12.2. The monoisotopic (exact) mass is 476 g/mol. The maximum absolute atomic E-state index is 14.3. The van der Waals surface area contributed by atoms with Gasteiger partial charge < -0.3 is 4.52 Å². The van der Waals surface area contributed by atoms with Crippen LogP contribution in [-0.2, 0) is 16.0 Å². The number of carbonyl (C=O) groups is 1. The van der Waals surface area contributed by atoms with Gasteiger partial charge in [0.25, 0.3) is 0 Å². The predicted molar refractivity (Wildman–Crippen MR) is 133 cm³/mol. The van der Waals surface area contributed by atoms with Gasteiger partial charge in [-0.05, 0) is 90.9 Å². The van der Waals surface area contributed by atoms with Gasteiger partial charge in [0.05, 0.1) is 11.7 Å². The molecule has 35 heavy (non-hydrogen) atoms. The number of aliphatic imine (C=N–C) groups is 1. The van der Waals surface area contributed by atoms with Crippen LogP contribution in [0.1, 0.15) is 104 Å². The van der Waals surface area contributed by atoms with Crippen LogP contribution in [0.3, 0.4) is 0 Å². The van der Waals surface area contributed by atoms with Gasteiger partial charge in [-0.1, -0.05) is 52.3 Å². The number of carbonyl (C=O) groups excluding carboxylic acids is 2. The Morgan fingerprint density at radius 3 is 2.54 bits per heavy atom. The molecule has 5 heteroatoms. The van der Waals surface area contributed by atoms with Crippen molar-refractivity contribution in [2.24, 2.45) is 44.4 Å². The Labute approximate surface area is 209 Å². The molecule has 8 atom stereocenters. The standard InChI is InChI=1S/C30H40N2O3/c1-18-20-7-8-28(5)23(27(20,4)14-19-16-32-35-25(18)19)13-22(34)24-21-15-26(2,3)9-11-30(21,31-17-33)12-10-29(24,28)6/h13,16,18,20-21,24H,7-12,14-15H2,1-6H3/t18-,20?,21+,24+,27+,28-,29-,30+/m1/s1. The van der Waals surface area contributed by atoms with E-state index in [1.807, 2.05) is 12.3 Å². The molecule has 0 saturated heterocycles. The summed E-state index contributed by atoms with van der Waals surface area (Å²) in [5.74, 6) is 2.09. The van der Waals surface area contributed by atoms with E-state index in [2.05, 4.69) is 57.8 Å². The van der Waals surface area contributed by atoms with Gasteiger partial charge in [-0.2, -0.15) is 4.99 Å². The average molecular weight is 477 g/mol. The maximum Gasteiger partial charge on any atom is 0.235 e. The Hall–Kier alpha value is -2.00. The number of allylic oxidation sites excluding steroid dienone is 2. The third kappa shape index (κ3) is 2.82. The highest BCUT2D eigenvalue weighted by Gasteiger charge is 2.69. The van der Waals surface area contributed by atoms with Crippen LogP contribution in [0.2, 0.25) is 0 Å². The molecule has 5 nitrogen and oxygen atoms in total. The van der Waals surface area contributed by atoms with Crippen molar-refractivity contribution in [3.05, 3.63) is 29.2 Å². The van der Waals surface area contributed by atoms with Crippen LogP contribution in [-0.4, -0.2) is 22.6 Å². The highest BCUT2D eigenvalue weighted by atomic mass is 16.5. The Morgan fingerprint density at radius 1 is 1.06 bits per heavy atom. The Balaban J connectivity index is 1.50. The van der Waals surface area contributed by atoms with Crippen LogP contribution >= 0.6 is 0 Å². The highest BCUT2D eigenvalue weighted by Crippen LogP contribution is 2.73. The maximum atomic E-state index is 14.3. The van der Waals surface area contributed by atoms with Crippen molar-refractivity contribution in [1.29, 1.82) is 0 Å². The van der Waals surface area contributed by atoms with Crippen molar-refractivity contribution in [3.63, 3.8) is 0 Å². The van der Waals surface area contributed by atoms with E-state index in [0.717, 1.165) is 57.1 Å². The van der Waals surface area contributed by atoms with Crippen molar-refractivity contribution in [1.82, 2.24) is 5.16 Å². The van der Waals surface area contributed by atoms with E-state index in [4.69, 9.17) is 4.52 Å². The lowest BCUT2D eigenvalue weighted by Gasteiger charge is -2.68. The van der Waals surface area contributed by atoms with E-state index >= 15 is 0 Å². The number of ketones is 1. The average Bonchev–Trinajstić information content (AvgIpc) is 3.24. The number of aromatic nitrogens is 1. The minimum atomic E-state index is -0.420. The van der Waals surface area contributed by atoms with Gasteiger partial charge in [-0.25, -0.2) is 4.79 Å². The number of nitrogens with zero attached hydrogens (tertiary/aromatic N) is 2. The van der Waals surface area contributed by atoms with Crippen molar-refractivity contribution in [2.45, 2.75) is 104 Å². The number of rotatable bonds is 1. The Bertz CT molecular complexity index is 1170. The smallest absolute Gasteiger partial charge is 0.235 e. The summed E-state index contributed by atoms with van der Waals surface area (Å²) in [4.78, 5) is 30.4. The van der Waals surface area contributed by atoms with Crippen LogP contribution in [0.4, 0.5) is 0 Å². The molecule has 188 valence electrons. The van der Waals surface area contributed by atoms with Gasteiger partial charge in [0.15, 0.2) is 5.78 Å². The molecular formula is C30H40N2O3. The van der Waals surface area contributed by atoms with E-state index in [1.165, 1.54) is 11.1 Å². The zero-order valence-electron chi connectivity index (χ0n) is 22.2. The van der Waals surface area contributed by atoms with Crippen molar-refractivity contribution < 1.29 is 14.1 Å². The number of isocyanates is 1. The first-order valence-electron chi connectivity index (χ1n) is 13.7. The topological polar surface area (TPSA) is 72.5 Å². The summed E-state index contributed by atoms with van der Waals surface area (Å²) in [6, 6.07) is 0. The van der Waals surface area contributed by atoms with E-state index in [9.17, 15) is 9.59 Å². The van der Waals surface area contributed by atoms with Crippen molar-refractivity contribution in [3.8, 4) is 0 Å². The summed E-state index contributed by atoms with van der Waals surface area (Å²) in [6.45, 7) is 14.2. The molecular weight excluding hydrogens is 436 g/mol. The molecule has 0 aliphatic heterocycles. The molecule has 5 aliphatic carbocycles. The van der Waals surface area contributed by atoms with Gasteiger partial charge in [-0.15, -0.1) is 0 Å². The lowest BCUT2D eigenvalue weighted by molar-refractivity contribution is -0.156. The van der Waals surface area contributed by atoms with Crippen LogP contribution in [0.25, 0.3) is 0 Å². The predicted octanol–water partition coefficient (Wildman–Crippen LogP) is 6.58. The minimum Gasteiger partial charge on any atom is -0.361 e. The fourth-order valence-corrected chi connectivity index (χ4v) is 10.1. The number of hydrogen-bond donors (Lipinski definition) is 0. The van der Waals surface area contributed by atoms with Crippen LogP contribution < -0.4 is 0 Å². The third-order valence-corrected chi connectivity index (χ3v) is 12.2. The van der Waals surface area contributed by atoms with Crippen LogP contribution in [0.5, 0.6) is 0 Å². The summed E-state index contributed by atoms with van der Waals surface area (Å²) in [5, 5.41) is 4.14. The zero-order valence-corrected chi connectivity index (χ0v) is 22.2. The molecule has 0 radical (unpaired) electrons. The van der Waals surface area contributed by atoms with E-state index in [1.54, 1.807) is 0 Å². The fraction of sp³-hybridized carbons (Fsp3) is 0.767.